The summed E-state index contributed by atoms with van der Waals surface area (Å²) in [7, 11) is 0. The van der Waals surface area contributed by atoms with Gasteiger partial charge in [-0.3, -0.25) is 9.36 Å². The predicted octanol–water partition coefficient (Wildman–Crippen LogP) is 2.50. The SMILES string of the molecule is CC(C)(C)OC(=O)n1cc2c3c(cccc31)C(=O)NN=C2. The summed E-state index contributed by atoms with van der Waals surface area (Å²) in [6, 6.07) is 5.21. The zero-order valence-electron chi connectivity index (χ0n) is 12.0. The molecule has 0 atom stereocenters. The highest BCUT2D eigenvalue weighted by Gasteiger charge is 2.23. The van der Waals surface area contributed by atoms with Crippen LogP contribution in [0.15, 0.2) is 29.5 Å². The Balaban J connectivity index is 2.20. The molecule has 6 nitrogen and oxygen atoms in total. The molecule has 0 unspecified atom stereocenters. The summed E-state index contributed by atoms with van der Waals surface area (Å²) in [5.41, 5.74) is 3.65. The molecule has 0 saturated carbocycles. The lowest BCUT2D eigenvalue weighted by molar-refractivity contribution is 0.0544. The fourth-order valence-electron chi connectivity index (χ4n) is 2.29. The van der Waals surface area contributed by atoms with Crippen molar-refractivity contribution in [1.29, 1.82) is 0 Å². The summed E-state index contributed by atoms with van der Waals surface area (Å²) >= 11 is 0. The quantitative estimate of drug-likeness (QED) is 0.808. The first kappa shape index (κ1) is 13.4. The third-order valence-corrected chi connectivity index (χ3v) is 3.06. The van der Waals surface area contributed by atoms with E-state index in [-0.39, 0.29) is 5.91 Å². The van der Waals surface area contributed by atoms with E-state index in [2.05, 4.69) is 10.5 Å². The lowest BCUT2D eigenvalue weighted by Gasteiger charge is -2.19. The fraction of sp³-hybridized carbons (Fsp3) is 0.267. The van der Waals surface area contributed by atoms with Gasteiger partial charge in [0, 0.05) is 17.1 Å². The van der Waals surface area contributed by atoms with Gasteiger partial charge in [-0.15, -0.1) is 0 Å². The Kier molecular flexibility index (Phi) is 2.83. The molecule has 1 N–H and O–H groups in total. The van der Waals surface area contributed by atoms with Crippen molar-refractivity contribution in [2.24, 2.45) is 5.10 Å². The van der Waals surface area contributed by atoms with Crippen LogP contribution in [0.2, 0.25) is 0 Å². The molecule has 2 heterocycles. The van der Waals surface area contributed by atoms with Gasteiger partial charge in [0.25, 0.3) is 5.91 Å². The zero-order valence-corrected chi connectivity index (χ0v) is 12.0. The molecule has 6 heteroatoms. The molecule has 0 aliphatic carbocycles. The van der Waals surface area contributed by atoms with Crippen molar-refractivity contribution in [3.63, 3.8) is 0 Å². The third-order valence-electron chi connectivity index (χ3n) is 3.06. The number of benzene rings is 1. The van der Waals surface area contributed by atoms with E-state index < -0.39 is 11.7 Å². The third kappa shape index (κ3) is 2.29. The molecule has 1 aliphatic heterocycles. The Labute approximate surface area is 121 Å². The van der Waals surface area contributed by atoms with Gasteiger partial charge in [-0.2, -0.15) is 5.10 Å². The molecule has 21 heavy (non-hydrogen) atoms. The number of carbonyl (C=O) groups is 2. The second-order valence-corrected chi connectivity index (χ2v) is 5.83. The minimum absolute atomic E-state index is 0.294. The lowest BCUT2D eigenvalue weighted by Crippen LogP contribution is -2.26. The van der Waals surface area contributed by atoms with Gasteiger partial charge in [0.05, 0.1) is 17.3 Å². The van der Waals surface area contributed by atoms with E-state index in [1.54, 1.807) is 45.2 Å². The summed E-state index contributed by atoms with van der Waals surface area (Å²) in [6.45, 7) is 5.42. The Morgan fingerprint density at radius 2 is 2.10 bits per heavy atom. The molecule has 0 saturated heterocycles. The van der Waals surface area contributed by atoms with Crippen LogP contribution in [0.1, 0.15) is 36.7 Å². The van der Waals surface area contributed by atoms with Gasteiger partial charge in [0.1, 0.15) is 5.60 Å². The highest BCUT2D eigenvalue weighted by molar-refractivity contribution is 6.15. The Bertz CT molecular complexity index is 781. The van der Waals surface area contributed by atoms with Gasteiger partial charge in [-0.05, 0) is 32.9 Å². The van der Waals surface area contributed by atoms with Crippen LogP contribution in [-0.4, -0.2) is 28.4 Å². The molecule has 1 aliphatic rings. The summed E-state index contributed by atoms with van der Waals surface area (Å²) in [4.78, 5) is 24.2. The predicted molar refractivity (Wildman–Crippen MR) is 78.6 cm³/mol. The van der Waals surface area contributed by atoms with Crippen LogP contribution in [0, 0.1) is 0 Å². The maximum atomic E-state index is 12.3. The van der Waals surface area contributed by atoms with E-state index in [0.29, 0.717) is 22.0 Å². The first-order chi connectivity index (χ1) is 9.87. The summed E-state index contributed by atoms with van der Waals surface area (Å²) in [5, 5.41) is 4.55. The molecule has 0 radical (unpaired) electrons. The van der Waals surface area contributed by atoms with E-state index >= 15 is 0 Å². The van der Waals surface area contributed by atoms with Crippen LogP contribution in [0.25, 0.3) is 10.9 Å². The Morgan fingerprint density at radius 3 is 2.81 bits per heavy atom. The first-order valence-electron chi connectivity index (χ1n) is 6.58. The van der Waals surface area contributed by atoms with Crippen molar-refractivity contribution in [2.75, 3.05) is 0 Å². The van der Waals surface area contributed by atoms with Crippen molar-refractivity contribution >= 4 is 29.1 Å². The standard InChI is InChI=1S/C15H15N3O3/c1-15(2,3)21-14(20)18-8-9-7-16-17-13(19)10-5-4-6-11(18)12(9)10/h4-8H,1-3H3,(H,17,19). The number of nitrogens with zero attached hydrogens (tertiary/aromatic N) is 2. The Morgan fingerprint density at radius 1 is 1.33 bits per heavy atom. The highest BCUT2D eigenvalue weighted by atomic mass is 16.6. The number of hydrogen-bond donors (Lipinski definition) is 1. The second kappa shape index (κ2) is 4.44. The van der Waals surface area contributed by atoms with E-state index in [9.17, 15) is 9.59 Å². The first-order valence-corrected chi connectivity index (χ1v) is 6.58. The van der Waals surface area contributed by atoms with Crippen LogP contribution in [0.5, 0.6) is 0 Å². The average Bonchev–Trinajstić information content (AvgIpc) is 2.67. The normalized spacial score (nSPS) is 14.0. The van der Waals surface area contributed by atoms with Crippen molar-refractivity contribution < 1.29 is 14.3 Å². The van der Waals surface area contributed by atoms with Gasteiger partial charge >= 0.3 is 6.09 Å². The minimum Gasteiger partial charge on any atom is -0.443 e. The van der Waals surface area contributed by atoms with Crippen LogP contribution in [0.3, 0.4) is 0 Å². The monoisotopic (exact) mass is 285 g/mol. The largest absolute Gasteiger partial charge is 0.443 e. The van der Waals surface area contributed by atoms with Gasteiger partial charge in [0.15, 0.2) is 0 Å². The minimum atomic E-state index is -0.589. The van der Waals surface area contributed by atoms with Crippen LogP contribution in [-0.2, 0) is 4.74 Å². The molecule has 1 aromatic heterocycles. The smallest absolute Gasteiger partial charge is 0.419 e. The van der Waals surface area contributed by atoms with Gasteiger partial charge in [0.2, 0.25) is 0 Å². The van der Waals surface area contributed by atoms with E-state index in [1.165, 1.54) is 10.8 Å². The zero-order chi connectivity index (χ0) is 15.2. The second-order valence-electron chi connectivity index (χ2n) is 5.83. The van der Waals surface area contributed by atoms with Crippen LogP contribution >= 0.6 is 0 Å². The van der Waals surface area contributed by atoms with Crippen molar-refractivity contribution in [2.45, 2.75) is 26.4 Å². The number of hydrogen-bond acceptors (Lipinski definition) is 4. The average molecular weight is 285 g/mol. The summed E-state index contributed by atoms with van der Waals surface area (Å²) < 4.78 is 6.79. The molecule has 108 valence electrons. The van der Waals surface area contributed by atoms with Crippen molar-refractivity contribution in [3.8, 4) is 0 Å². The van der Waals surface area contributed by atoms with Crippen molar-refractivity contribution in [1.82, 2.24) is 9.99 Å². The lowest BCUT2D eigenvalue weighted by atomic mass is 10.1. The number of ether oxygens (including phenoxy) is 1. The van der Waals surface area contributed by atoms with E-state index in [4.69, 9.17) is 4.74 Å². The number of aromatic nitrogens is 1. The molecule has 0 fully saturated rings. The number of nitrogens with one attached hydrogen (secondary N) is 1. The molecular formula is C15H15N3O3. The van der Waals surface area contributed by atoms with Crippen LogP contribution < -0.4 is 5.43 Å². The summed E-state index contributed by atoms with van der Waals surface area (Å²) in [6.07, 6.45) is 2.68. The maximum absolute atomic E-state index is 12.3. The molecule has 0 spiro atoms. The maximum Gasteiger partial charge on any atom is 0.419 e. The van der Waals surface area contributed by atoms with Crippen molar-refractivity contribution in [3.05, 3.63) is 35.5 Å². The number of rotatable bonds is 0. The number of hydrazone groups is 1. The molecule has 1 amide bonds. The number of amides is 1. The molecule has 0 bridgehead atoms. The molecule has 3 rings (SSSR count). The van der Waals surface area contributed by atoms with E-state index in [0.717, 1.165) is 0 Å². The fourth-order valence-corrected chi connectivity index (χ4v) is 2.29. The van der Waals surface area contributed by atoms with E-state index in [1.807, 2.05) is 0 Å². The van der Waals surface area contributed by atoms with Gasteiger partial charge in [-0.1, -0.05) is 6.07 Å². The molecule has 1 aromatic carbocycles. The molecular weight excluding hydrogens is 270 g/mol. The number of carbonyl (C=O) groups excluding carboxylic acids is 2. The van der Waals surface area contributed by atoms with Gasteiger partial charge in [-0.25, -0.2) is 10.2 Å². The summed E-state index contributed by atoms with van der Waals surface area (Å²) in [5.74, 6) is -0.294. The van der Waals surface area contributed by atoms with Gasteiger partial charge < -0.3 is 4.74 Å². The topological polar surface area (TPSA) is 72.7 Å². The van der Waals surface area contributed by atoms with Crippen LogP contribution in [0.4, 0.5) is 4.79 Å². The Hall–Kier alpha value is -2.63. The highest BCUT2D eigenvalue weighted by Crippen LogP contribution is 2.26. The molecule has 2 aromatic rings.